The van der Waals surface area contributed by atoms with Crippen LogP contribution in [0.1, 0.15) is 12.6 Å². The van der Waals surface area contributed by atoms with Gasteiger partial charge in [0, 0.05) is 6.20 Å². The molecule has 0 saturated carbocycles. The van der Waals surface area contributed by atoms with Crippen molar-refractivity contribution in [1.82, 2.24) is 10.3 Å². The molecule has 0 aliphatic rings. The smallest absolute Gasteiger partial charge is 0.354 e. The second-order valence-corrected chi connectivity index (χ2v) is 2.80. The lowest BCUT2D eigenvalue weighted by Gasteiger charge is -2.04. The molecule has 84 valence electrons. The Morgan fingerprint density at radius 2 is 2.38 bits per heavy atom. The van der Waals surface area contributed by atoms with Gasteiger partial charge in [-0.1, -0.05) is 6.07 Å². The lowest BCUT2D eigenvalue weighted by atomic mass is 10.3. The van der Waals surface area contributed by atoms with Gasteiger partial charge < -0.3 is 10.1 Å². The number of nitrogens with zero attached hydrogens (tertiary/aromatic N) is 1. The maximum absolute atomic E-state index is 11.4. The number of pyridine rings is 1. The molecule has 0 unspecified atom stereocenters. The van der Waals surface area contributed by atoms with Crippen LogP contribution in [-0.4, -0.2) is 24.0 Å². The summed E-state index contributed by atoms with van der Waals surface area (Å²) in [4.78, 5) is 25.7. The van der Waals surface area contributed by atoms with Crippen molar-refractivity contribution in [3.05, 3.63) is 35.8 Å². The Kier molecular flexibility index (Phi) is 4.72. The molecule has 5 heteroatoms. The molecular weight excluding hydrogens is 208 g/mol. The molecule has 5 nitrogen and oxygen atoms in total. The molecule has 1 N–H and O–H groups in total. The van der Waals surface area contributed by atoms with Gasteiger partial charge in [0.25, 0.3) is 0 Å². The summed E-state index contributed by atoms with van der Waals surface area (Å²) in [5.74, 6) is -0.583. The molecule has 0 fully saturated rings. The Morgan fingerprint density at radius 3 is 2.94 bits per heavy atom. The van der Waals surface area contributed by atoms with Crippen molar-refractivity contribution in [2.75, 3.05) is 6.61 Å². The Morgan fingerprint density at radius 1 is 1.56 bits per heavy atom. The van der Waals surface area contributed by atoms with E-state index in [9.17, 15) is 9.59 Å². The fourth-order valence-corrected chi connectivity index (χ4v) is 1.04. The van der Waals surface area contributed by atoms with E-state index in [0.717, 1.165) is 0 Å². The van der Waals surface area contributed by atoms with Gasteiger partial charge in [-0.05, 0) is 25.1 Å². The van der Waals surface area contributed by atoms with Gasteiger partial charge in [-0.25, -0.2) is 4.79 Å². The van der Waals surface area contributed by atoms with Crippen LogP contribution in [0.4, 0.5) is 0 Å². The lowest BCUT2D eigenvalue weighted by molar-refractivity contribution is -0.139. The first-order valence-corrected chi connectivity index (χ1v) is 4.78. The van der Waals surface area contributed by atoms with E-state index in [1.165, 1.54) is 6.08 Å². The van der Waals surface area contributed by atoms with Crippen molar-refractivity contribution in [3.63, 3.8) is 0 Å². The summed E-state index contributed by atoms with van der Waals surface area (Å²) in [6.45, 7) is 1.94. The molecule has 0 aromatic carbocycles. The van der Waals surface area contributed by atoms with Crippen LogP contribution < -0.4 is 5.32 Å². The Hall–Kier alpha value is -2.17. The van der Waals surface area contributed by atoms with Crippen molar-refractivity contribution in [3.8, 4) is 0 Å². The van der Waals surface area contributed by atoms with Crippen LogP contribution in [0.25, 0.3) is 6.08 Å². The molecule has 0 saturated heterocycles. The molecule has 1 amide bonds. The zero-order valence-electron chi connectivity index (χ0n) is 8.84. The molecule has 0 bridgehead atoms. The summed E-state index contributed by atoms with van der Waals surface area (Å²) in [7, 11) is 0. The van der Waals surface area contributed by atoms with E-state index in [4.69, 9.17) is 4.74 Å². The average Bonchev–Trinajstić information content (AvgIpc) is 2.30. The largest absolute Gasteiger partial charge is 0.461 e. The normalized spacial score (nSPS) is 10.7. The molecule has 0 aliphatic carbocycles. The predicted molar refractivity (Wildman–Crippen MR) is 58.0 cm³/mol. The Labute approximate surface area is 93.1 Å². The number of hydrogen-bond donors (Lipinski definition) is 1. The van der Waals surface area contributed by atoms with Crippen LogP contribution >= 0.6 is 0 Å². The Bertz CT molecular complexity index is 387. The van der Waals surface area contributed by atoms with E-state index < -0.39 is 5.97 Å². The van der Waals surface area contributed by atoms with Gasteiger partial charge in [0.2, 0.25) is 6.41 Å². The van der Waals surface area contributed by atoms with Gasteiger partial charge in [-0.15, -0.1) is 0 Å². The van der Waals surface area contributed by atoms with Gasteiger partial charge >= 0.3 is 5.97 Å². The molecule has 0 spiro atoms. The number of aromatic nitrogens is 1. The molecule has 1 aromatic rings. The molecule has 1 heterocycles. The first-order chi connectivity index (χ1) is 7.77. The minimum Gasteiger partial charge on any atom is -0.461 e. The third-order valence-corrected chi connectivity index (χ3v) is 1.69. The average molecular weight is 220 g/mol. The van der Waals surface area contributed by atoms with Gasteiger partial charge in [-0.3, -0.25) is 9.78 Å². The van der Waals surface area contributed by atoms with Crippen molar-refractivity contribution in [2.24, 2.45) is 0 Å². The minimum absolute atomic E-state index is 0.0653. The van der Waals surface area contributed by atoms with Crippen molar-refractivity contribution in [1.29, 1.82) is 0 Å². The van der Waals surface area contributed by atoms with Crippen LogP contribution in [0.15, 0.2) is 30.1 Å². The SMILES string of the molecule is CCOC(=O)C(=Cc1ccccn1)NC=O. The number of ether oxygens (including phenoxy) is 1. The highest BCUT2D eigenvalue weighted by Gasteiger charge is 2.09. The fraction of sp³-hybridized carbons (Fsp3) is 0.182. The molecule has 0 radical (unpaired) electrons. The van der Waals surface area contributed by atoms with E-state index in [-0.39, 0.29) is 12.3 Å². The van der Waals surface area contributed by atoms with E-state index in [1.54, 1.807) is 31.3 Å². The molecule has 1 rings (SSSR count). The van der Waals surface area contributed by atoms with Crippen LogP contribution in [0.3, 0.4) is 0 Å². The van der Waals surface area contributed by atoms with E-state index in [2.05, 4.69) is 10.3 Å². The number of rotatable bonds is 5. The standard InChI is InChI=1S/C11H12N2O3/c1-2-16-11(15)10(13-8-14)7-9-5-3-4-6-12-9/h3-8H,2H2,1H3,(H,13,14). The zero-order chi connectivity index (χ0) is 11.8. The molecule has 0 aliphatic heterocycles. The predicted octanol–water partition coefficient (Wildman–Crippen LogP) is 0.732. The van der Waals surface area contributed by atoms with Crippen LogP contribution in [0.5, 0.6) is 0 Å². The highest BCUT2D eigenvalue weighted by molar-refractivity contribution is 5.94. The van der Waals surface area contributed by atoms with Crippen molar-refractivity contribution in [2.45, 2.75) is 6.92 Å². The number of hydrogen-bond acceptors (Lipinski definition) is 4. The number of carbonyl (C=O) groups is 2. The van der Waals surface area contributed by atoms with E-state index in [0.29, 0.717) is 12.1 Å². The Balaban J connectivity index is 2.88. The van der Waals surface area contributed by atoms with E-state index >= 15 is 0 Å². The highest BCUT2D eigenvalue weighted by atomic mass is 16.5. The third-order valence-electron chi connectivity index (χ3n) is 1.69. The highest BCUT2D eigenvalue weighted by Crippen LogP contribution is 2.02. The minimum atomic E-state index is -0.583. The summed E-state index contributed by atoms with van der Waals surface area (Å²) in [5.41, 5.74) is 0.635. The summed E-state index contributed by atoms with van der Waals surface area (Å²) >= 11 is 0. The second-order valence-electron chi connectivity index (χ2n) is 2.80. The van der Waals surface area contributed by atoms with E-state index in [1.807, 2.05) is 0 Å². The van der Waals surface area contributed by atoms with Crippen LogP contribution in [0.2, 0.25) is 0 Å². The first kappa shape index (κ1) is 11.9. The summed E-state index contributed by atoms with van der Waals surface area (Å²) in [5, 5.41) is 2.28. The fourth-order valence-electron chi connectivity index (χ4n) is 1.04. The zero-order valence-corrected chi connectivity index (χ0v) is 8.84. The summed E-state index contributed by atoms with van der Waals surface area (Å²) in [6, 6.07) is 5.25. The van der Waals surface area contributed by atoms with Gasteiger partial charge in [-0.2, -0.15) is 0 Å². The third kappa shape index (κ3) is 3.53. The first-order valence-electron chi connectivity index (χ1n) is 4.78. The van der Waals surface area contributed by atoms with Gasteiger partial charge in [0.15, 0.2) is 0 Å². The van der Waals surface area contributed by atoms with Crippen LogP contribution in [0, 0.1) is 0 Å². The van der Waals surface area contributed by atoms with Gasteiger partial charge in [0.1, 0.15) is 5.70 Å². The number of amides is 1. The number of carbonyl (C=O) groups excluding carboxylic acids is 2. The number of esters is 1. The maximum Gasteiger partial charge on any atom is 0.354 e. The van der Waals surface area contributed by atoms with Gasteiger partial charge in [0.05, 0.1) is 12.3 Å². The lowest BCUT2D eigenvalue weighted by Crippen LogP contribution is -2.21. The van der Waals surface area contributed by atoms with Crippen molar-refractivity contribution < 1.29 is 14.3 Å². The summed E-state index contributed by atoms with van der Waals surface area (Å²) < 4.78 is 4.77. The monoisotopic (exact) mass is 220 g/mol. The molecule has 16 heavy (non-hydrogen) atoms. The second kappa shape index (κ2) is 6.34. The molecule has 0 atom stereocenters. The quantitative estimate of drug-likeness (QED) is 0.451. The maximum atomic E-state index is 11.4. The molecule has 1 aromatic heterocycles. The molecular formula is C11H12N2O3. The number of nitrogens with one attached hydrogen (secondary N) is 1. The summed E-state index contributed by atoms with van der Waals surface area (Å²) in [6.07, 6.45) is 3.47. The topological polar surface area (TPSA) is 68.3 Å². The van der Waals surface area contributed by atoms with Crippen LogP contribution in [-0.2, 0) is 14.3 Å². The van der Waals surface area contributed by atoms with Crippen molar-refractivity contribution >= 4 is 18.5 Å².